The molecule has 4 rings (SSSR count). The zero-order chi connectivity index (χ0) is 19.7. The molecule has 144 valence electrons. The van der Waals surface area contributed by atoms with Gasteiger partial charge in [0.2, 0.25) is 0 Å². The summed E-state index contributed by atoms with van der Waals surface area (Å²) in [5, 5.41) is 12.7. The summed E-state index contributed by atoms with van der Waals surface area (Å²) in [7, 11) is 1.63. The Morgan fingerprint density at radius 3 is 2.68 bits per heavy atom. The Labute approximate surface area is 169 Å². The smallest absolute Gasteiger partial charge is 0.320 e. The number of nitrogens with zero attached hydrogens (tertiary/aromatic N) is 1. The Morgan fingerprint density at radius 1 is 1.14 bits per heavy atom. The van der Waals surface area contributed by atoms with E-state index < -0.39 is 12.0 Å². The van der Waals surface area contributed by atoms with Crippen LogP contribution in [0.25, 0.3) is 10.8 Å². The number of methoxy groups -OCH3 is 1. The molecular weight excluding hydrogens is 374 g/mol. The lowest BCUT2D eigenvalue weighted by Crippen LogP contribution is -2.39. The monoisotopic (exact) mass is 395 g/mol. The highest BCUT2D eigenvalue weighted by atomic mass is 35.5. The van der Waals surface area contributed by atoms with Crippen LogP contribution >= 0.6 is 11.6 Å². The zero-order valence-corrected chi connectivity index (χ0v) is 16.4. The van der Waals surface area contributed by atoms with Gasteiger partial charge in [0, 0.05) is 17.1 Å². The van der Waals surface area contributed by atoms with Gasteiger partial charge in [-0.25, -0.2) is 0 Å². The highest BCUT2D eigenvalue weighted by Gasteiger charge is 2.38. The average molecular weight is 396 g/mol. The van der Waals surface area contributed by atoms with Gasteiger partial charge in [-0.2, -0.15) is 0 Å². The molecule has 0 saturated carbocycles. The van der Waals surface area contributed by atoms with E-state index in [4.69, 9.17) is 16.3 Å². The van der Waals surface area contributed by atoms with E-state index in [1.165, 1.54) is 0 Å². The SMILES string of the molecule is COc1ccc(Cl)cc1C(c1ccc2ccccc2c1)N1CCCC1C(=O)O. The molecule has 0 amide bonds. The number of fused-ring (bicyclic) bond motifs is 1. The fourth-order valence-electron chi connectivity index (χ4n) is 4.21. The second-order valence-corrected chi connectivity index (χ2v) is 7.57. The normalized spacial score (nSPS) is 18.3. The number of halogens is 1. The third-order valence-corrected chi connectivity index (χ3v) is 5.72. The van der Waals surface area contributed by atoms with Crippen LogP contribution in [0.1, 0.15) is 30.0 Å². The molecule has 1 N–H and O–H groups in total. The highest BCUT2D eigenvalue weighted by molar-refractivity contribution is 6.30. The number of hydrogen-bond donors (Lipinski definition) is 1. The lowest BCUT2D eigenvalue weighted by Gasteiger charge is -2.33. The van der Waals surface area contributed by atoms with Gasteiger partial charge >= 0.3 is 5.97 Å². The predicted octanol–water partition coefficient (Wildman–Crippen LogP) is 5.14. The second-order valence-electron chi connectivity index (χ2n) is 7.13. The van der Waals surface area contributed by atoms with E-state index in [1.807, 2.05) is 24.3 Å². The van der Waals surface area contributed by atoms with Gasteiger partial charge in [0.05, 0.1) is 13.2 Å². The fraction of sp³-hybridized carbons (Fsp3) is 0.261. The van der Waals surface area contributed by atoms with E-state index in [0.29, 0.717) is 23.7 Å². The van der Waals surface area contributed by atoms with Crippen molar-refractivity contribution in [1.29, 1.82) is 0 Å². The Kier molecular flexibility index (Phi) is 5.25. The molecule has 3 aromatic carbocycles. The van der Waals surface area contributed by atoms with Gasteiger partial charge in [-0.15, -0.1) is 0 Å². The molecule has 3 aromatic rings. The first-order valence-electron chi connectivity index (χ1n) is 9.39. The third kappa shape index (κ3) is 3.46. The third-order valence-electron chi connectivity index (χ3n) is 5.49. The number of ether oxygens (including phenoxy) is 1. The Morgan fingerprint density at radius 2 is 1.93 bits per heavy atom. The molecule has 2 atom stereocenters. The molecule has 1 saturated heterocycles. The molecule has 1 heterocycles. The Hall–Kier alpha value is -2.56. The maximum absolute atomic E-state index is 11.9. The molecule has 2 unspecified atom stereocenters. The van der Waals surface area contributed by atoms with Gasteiger partial charge in [-0.3, -0.25) is 9.69 Å². The molecule has 5 heteroatoms. The van der Waals surface area contributed by atoms with Crippen molar-refractivity contribution in [3.05, 3.63) is 76.8 Å². The highest BCUT2D eigenvalue weighted by Crippen LogP contribution is 2.40. The first kappa shape index (κ1) is 18.8. The summed E-state index contributed by atoms with van der Waals surface area (Å²) in [5.41, 5.74) is 1.92. The van der Waals surface area contributed by atoms with Crippen molar-refractivity contribution in [2.45, 2.75) is 24.9 Å². The van der Waals surface area contributed by atoms with Crippen molar-refractivity contribution in [3.63, 3.8) is 0 Å². The van der Waals surface area contributed by atoms with Gasteiger partial charge in [-0.05, 0) is 53.4 Å². The molecule has 1 fully saturated rings. The van der Waals surface area contributed by atoms with Crippen LogP contribution in [0.2, 0.25) is 5.02 Å². The number of aliphatic carboxylic acids is 1. The van der Waals surface area contributed by atoms with Crippen LogP contribution in [-0.4, -0.2) is 35.7 Å². The number of benzene rings is 3. The van der Waals surface area contributed by atoms with Gasteiger partial charge < -0.3 is 9.84 Å². The van der Waals surface area contributed by atoms with Crippen molar-refractivity contribution in [3.8, 4) is 5.75 Å². The molecule has 1 aliphatic rings. The first-order chi connectivity index (χ1) is 13.6. The number of carbonyl (C=O) groups is 1. The van der Waals surface area contributed by atoms with Crippen LogP contribution in [-0.2, 0) is 4.79 Å². The minimum absolute atomic E-state index is 0.248. The minimum atomic E-state index is -0.788. The van der Waals surface area contributed by atoms with E-state index in [9.17, 15) is 9.90 Å². The zero-order valence-electron chi connectivity index (χ0n) is 15.6. The Bertz CT molecular complexity index is 1020. The van der Waals surface area contributed by atoms with Crippen LogP contribution in [0.4, 0.5) is 0 Å². The largest absolute Gasteiger partial charge is 0.496 e. The maximum Gasteiger partial charge on any atom is 0.320 e. The Balaban J connectivity index is 1.90. The van der Waals surface area contributed by atoms with E-state index >= 15 is 0 Å². The quantitative estimate of drug-likeness (QED) is 0.649. The fourth-order valence-corrected chi connectivity index (χ4v) is 4.39. The van der Waals surface area contributed by atoms with E-state index in [2.05, 4.69) is 35.2 Å². The van der Waals surface area contributed by atoms with E-state index in [-0.39, 0.29) is 6.04 Å². The molecule has 28 heavy (non-hydrogen) atoms. The summed E-state index contributed by atoms with van der Waals surface area (Å²) in [6.07, 6.45) is 1.49. The number of carboxylic acid groups (broad SMARTS) is 1. The van der Waals surface area contributed by atoms with Gasteiger partial charge in [0.15, 0.2) is 0 Å². The predicted molar refractivity (Wildman–Crippen MR) is 111 cm³/mol. The summed E-state index contributed by atoms with van der Waals surface area (Å²) in [6.45, 7) is 0.712. The van der Waals surface area contributed by atoms with Crippen molar-refractivity contribution in [2.24, 2.45) is 0 Å². The molecule has 4 nitrogen and oxygen atoms in total. The standard InChI is InChI=1S/C23H22ClNO3/c1-28-21-11-10-18(24)14-19(21)22(25-12-4-7-20(25)23(26)27)17-9-8-15-5-2-3-6-16(15)13-17/h2-3,5-6,8-11,13-14,20,22H,4,7,12H2,1H3,(H,26,27). The van der Waals surface area contributed by atoms with Crippen molar-refractivity contribution in [1.82, 2.24) is 4.90 Å². The topological polar surface area (TPSA) is 49.8 Å². The first-order valence-corrected chi connectivity index (χ1v) is 9.77. The molecule has 0 radical (unpaired) electrons. The number of carboxylic acids is 1. The molecule has 0 aromatic heterocycles. The van der Waals surface area contributed by atoms with Gasteiger partial charge in [-0.1, -0.05) is 48.0 Å². The van der Waals surface area contributed by atoms with Gasteiger partial charge in [0.1, 0.15) is 11.8 Å². The van der Waals surface area contributed by atoms with Crippen molar-refractivity contribution in [2.75, 3.05) is 13.7 Å². The second kappa shape index (κ2) is 7.82. The summed E-state index contributed by atoms with van der Waals surface area (Å²) in [6, 6.07) is 19.2. The summed E-state index contributed by atoms with van der Waals surface area (Å²) >= 11 is 6.32. The maximum atomic E-state index is 11.9. The summed E-state index contributed by atoms with van der Waals surface area (Å²) < 4.78 is 5.61. The number of likely N-dealkylation sites (tertiary alicyclic amines) is 1. The molecule has 0 bridgehead atoms. The minimum Gasteiger partial charge on any atom is -0.496 e. The average Bonchev–Trinajstić information content (AvgIpc) is 3.18. The van der Waals surface area contributed by atoms with Crippen LogP contribution in [0.5, 0.6) is 5.75 Å². The van der Waals surface area contributed by atoms with Crippen LogP contribution in [0, 0.1) is 0 Å². The number of rotatable bonds is 5. The molecule has 1 aliphatic heterocycles. The van der Waals surface area contributed by atoms with Crippen molar-refractivity contribution < 1.29 is 14.6 Å². The lowest BCUT2D eigenvalue weighted by molar-refractivity contribution is -0.142. The van der Waals surface area contributed by atoms with E-state index in [0.717, 1.165) is 28.3 Å². The van der Waals surface area contributed by atoms with Crippen LogP contribution in [0.15, 0.2) is 60.7 Å². The van der Waals surface area contributed by atoms with Crippen LogP contribution < -0.4 is 4.74 Å². The molecular formula is C23H22ClNO3. The van der Waals surface area contributed by atoms with Crippen LogP contribution in [0.3, 0.4) is 0 Å². The molecule has 0 aliphatic carbocycles. The lowest BCUT2D eigenvalue weighted by atomic mass is 9.93. The summed E-state index contributed by atoms with van der Waals surface area (Å²) in [5.74, 6) is -0.0807. The van der Waals surface area contributed by atoms with Crippen molar-refractivity contribution >= 4 is 28.3 Å². The molecule has 0 spiro atoms. The number of hydrogen-bond acceptors (Lipinski definition) is 3. The summed E-state index contributed by atoms with van der Waals surface area (Å²) in [4.78, 5) is 14.0. The van der Waals surface area contributed by atoms with Gasteiger partial charge in [0.25, 0.3) is 0 Å². The van der Waals surface area contributed by atoms with E-state index in [1.54, 1.807) is 13.2 Å².